The van der Waals surface area contributed by atoms with Gasteiger partial charge in [0.15, 0.2) is 0 Å². The summed E-state index contributed by atoms with van der Waals surface area (Å²) in [5.74, 6) is -1.89. The number of benzene rings is 2. The number of halogens is 1. The molecule has 12 nitrogen and oxygen atoms in total. The Morgan fingerprint density at radius 2 is 1.42 bits per heavy atom. The molecule has 1 heterocycles. The van der Waals surface area contributed by atoms with E-state index in [-0.39, 0.29) is 63.0 Å². The smallest absolute Gasteiger partial charge is 0.412 e. The first kappa shape index (κ1) is 60.4. The highest BCUT2D eigenvalue weighted by atomic mass is 19.1. The summed E-state index contributed by atoms with van der Waals surface area (Å²) in [6.07, 6.45) is 30.9. The zero-order valence-corrected chi connectivity index (χ0v) is 45.6. The molecule has 1 aliphatic heterocycles. The maximum Gasteiger partial charge on any atom is 0.412 e. The van der Waals surface area contributed by atoms with Crippen molar-refractivity contribution in [3.05, 3.63) is 83.7 Å². The standard InChI is InChI=1S/C61H94FN3O9/c1-5-8-10-12-14-16-18-20-22-26-38-63-59(68)73-50-36-37-55-53(44-50)57-51(31-25-28-40-67)48(30-24-27-39-66)43-52-54(64-70-4)45-56(61(74-55,58(52)57)72-41-7-3)65(46-47-32-34-49(62)35-33-47)60(69)71-42-29-23-21-19-17-15-13-11-9-6-2/h7,32-37,43-44,48,51,56-58,66-67H,3,5-6,8-31,38-42,45-46H2,1-2,4H3,(H,63,68). The molecule has 2 aromatic rings. The number of amides is 2. The average Bonchev–Trinajstić information content (AvgIpc) is 3.40. The molecule has 5 rings (SSSR count). The number of nitrogens with zero attached hydrogens (tertiary/aromatic N) is 2. The van der Waals surface area contributed by atoms with E-state index in [2.05, 4.69) is 31.8 Å². The quantitative estimate of drug-likeness (QED) is 0.0339. The van der Waals surface area contributed by atoms with Gasteiger partial charge in [-0.25, -0.2) is 14.0 Å². The molecule has 0 saturated heterocycles. The fraction of sp³-hybridized carbons (Fsp3) is 0.689. The summed E-state index contributed by atoms with van der Waals surface area (Å²) in [5, 5.41) is 27.7. The molecule has 1 fully saturated rings. The first-order chi connectivity index (χ1) is 36.2. The van der Waals surface area contributed by atoms with Crippen LogP contribution in [0.1, 0.15) is 204 Å². The molecule has 2 aliphatic carbocycles. The number of hydrogen-bond acceptors (Lipinski definition) is 10. The molecule has 74 heavy (non-hydrogen) atoms. The van der Waals surface area contributed by atoms with E-state index in [1.807, 2.05) is 12.1 Å². The summed E-state index contributed by atoms with van der Waals surface area (Å²) in [6, 6.07) is 10.8. The second-order valence-electron chi connectivity index (χ2n) is 21.0. The van der Waals surface area contributed by atoms with Gasteiger partial charge in [0.2, 0.25) is 5.79 Å². The number of nitrogens with one attached hydrogen (secondary N) is 1. The third kappa shape index (κ3) is 18.4. The van der Waals surface area contributed by atoms with E-state index < -0.39 is 29.9 Å². The van der Waals surface area contributed by atoms with Crippen molar-refractivity contribution in [2.75, 3.05) is 40.1 Å². The van der Waals surface area contributed by atoms with E-state index >= 15 is 0 Å². The number of carbonyl (C=O) groups excluding carboxylic acids is 2. The first-order valence-corrected chi connectivity index (χ1v) is 29.0. The van der Waals surface area contributed by atoms with E-state index in [1.165, 1.54) is 103 Å². The third-order valence-electron chi connectivity index (χ3n) is 15.5. The van der Waals surface area contributed by atoms with Gasteiger partial charge in [-0.2, -0.15) is 0 Å². The van der Waals surface area contributed by atoms with Gasteiger partial charge in [-0.3, -0.25) is 4.90 Å². The Kier molecular flexibility index (Phi) is 28.0. The number of ether oxygens (including phenoxy) is 4. The fourth-order valence-electron chi connectivity index (χ4n) is 11.7. The molecular weight excluding hydrogens is 938 g/mol. The highest BCUT2D eigenvalue weighted by molar-refractivity contribution is 6.03. The van der Waals surface area contributed by atoms with Crippen LogP contribution in [0.15, 0.2) is 71.9 Å². The van der Waals surface area contributed by atoms with E-state index in [0.29, 0.717) is 42.2 Å². The van der Waals surface area contributed by atoms with E-state index in [1.54, 1.807) is 29.2 Å². The van der Waals surface area contributed by atoms with Crippen LogP contribution in [0.5, 0.6) is 11.5 Å². The lowest BCUT2D eigenvalue weighted by molar-refractivity contribution is -0.256. The van der Waals surface area contributed by atoms with Crippen LogP contribution in [0.2, 0.25) is 0 Å². The minimum atomic E-state index is -1.53. The van der Waals surface area contributed by atoms with Gasteiger partial charge in [-0.15, -0.1) is 6.58 Å². The van der Waals surface area contributed by atoms with Crippen molar-refractivity contribution in [1.29, 1.82) is 0 Å². The highest BCUT2D eigenvalue weighted by Gasteiger charge is 2.65. The lowest BCUT2D eigenvalue weighted by Crippen LogP contribution is -2.70. The van der Waals surface area contributed by atoms with Gasteiger partial charge >= 0.3 is 12.2 Å². The number of hydrogen-bond donors (Lipinski definition) is 3. The summed E-state index contributed by atoms with van der Waals surface area (Å²) >= 11 is 0. The van der Waals surface area contributed by atoms with Crippen molar-refractivity contribution >= 4 is 17.9 Å². The summed E-state index contributed by atoms with van der Waals surface area (Å²) in [5.41, 5.74) is 3.06. The van der Waals surface area contributed by atoms with Crippen LogP contribution in [0.25, 0.3) is 0 Å². The number of aliphatic hydroxyl groups is 2. The van der Waals surface area contributed by atoms with E-state index in [0.717, 1.165) is 81.8 Å². The van der Waals surface area contributed by atoms with Crippen molar-refractivity contribution in [2.24, 2.45) is 22.9 Å². The first-order valence-electron chi connectivity index (χ1n) is 29.0. The Bertz CT molecular complexity index is 2000. The second-order valence-corrected chi connectivity index (χ2v) is 21.0. The fourth-order valence-corrected chi connectivity index (χ4v) is 11.7. The summed E-state index contributed by atoms with van der Waals surface area (Å²) in [6.45, 7) is 9.58. The summed E-state index contributed by atoms with van der Waals surface area (Å²) < 4.78 is 41.1. The zero-order valence-electron chi connectivity index (χ0n) is 45.6. The molecule has 414 valence electrons. The molecular formula is C61H94FN3O9. The maximum absolute atomic E-state index is 14.9. The molecule has 0 spiro atoms. The number of carbonyl (C=O) groups is 2. The lowest BCUT2D eigenvalue weighted by atomic mass is 9.55. The number of unbranched alkanes of at least 4 members (excludes halogenated alkanes) is 20. The molecule has 0 radical (unpaired) electrons. The van der Waals surface area contributed by atoms with Crippen LogP contribution in [0.4, 0.5) is 14.0 Å². The normalized spacial score (nSPS) is 21.2. The maximum atomic E-state index is 14.9. The van der Waals surface area contributed by atoms with Crippen LogP contribution in [-0.2, 0) is 20.9 Å². The topological polar surface area (TPSA) is 148 Å². The van der Waals surface area contributed by atoms with Crippen molar-refractivity contribution in [3.8, 4) is 11.5 Å². The van der Waals surface area contributed by atoms with Gasteiger partial charge in [0.05, 0.1) is 24.8 Å². The molecule has 13 heteroatoms. The van der Waals surface area contributed by atoms with Gasteiger partial charge in [-0.1, -0.05) is 172 Å². The molecule has 6 unspecified atom stereocenters. The van der Waals surface area contributed by atoms with E-state index in [9.17, 15) is 24.2 Å². The van der Waals surface area contributed by atoms with Gasteiger partial charge < -0.3 is 39.3 Å². The van der Waals surface area contributed by atoms with Gasteiger partial charge in [-0.05, 0) is 91.8 Å². The number of fused-ring (bicyclic) bond motifs is 2. The molecule has 0 bridgehead atoms. The number of oxime groups is 1. The van der Waals surface area contributed by atoms with Crippen LogP contribution in [-0.4, -0.2) is 84.9 Å². The molecule has 0 aromatic heterocycles. The molecule has 2 aromatic carbocycles. The van der Waals surface area contributed by atoms with Crippen LogP contribution >= 0.6 is 0 Å². The minimum Gasteiger partial charge on any atom is -0.459 e. The van der Waals surface area contributed by atoms with Crippen molar-refractivity contribution in [2.45, 2.75) is 212 Å². The third-order valence-corrected chi connectivity index (χ3v) is 15.5. The van der Waals surface area contributed by atoms with Crippen LogP contribution in [0.3, 0.4) is 0 Å². The predicted molar refractivity (Wildman–Crippen MR) is 293 cm³/mol. The number of rotatable bonds is 38. The molecule has 3 N–H and O–H groups in total. The summed E-state index contributed by atoms with van der Waals surface area (Å²) in [4.78, 5) is 35.6. The molecule has 2 amide bonds. The Labute approximate surface area is 444 Å². The Morgan fingerprint density at radius 1 is 0.811 bits per heavy atom. The van der Waals surface area contributed by atoms with Gasteiger partial charge in [0.25, 0.3) is 0 Å². The summed E-state index contributed by atoms with van der Waals surface area (Å²) in [7, 11) is 1.52. The van der Waals surface area contributed by atoms with Crippen molar-refractivity contribution < 1.29 is 48.0 Å². The Balaban J connectivity index is 1.49. The predicted octanol–water partition coefficient (Wildman–Crippen LogP) is 14.7. The molecule has 6 atom stereocenters. The average molecular weight is 1030 g/mol. The van der Waals surface area contributed by atoms with Crippen LogP contribution in [0, 0.1) is 23.6 Å². The second kappa shape index (κ2) is 34.3. The largest absolute Gasteiger partial charge is 0.459 e. The lowest BCUT2D eigenvalue weighted by Gasteiger charge is -2.59. The monoisotopic (exact) mass is 1030 g/mol. The van der Waals surface area contributed by atoms with Gasteiger partial charge in [0.1, 0.15) is 30.5 Å². The Morgan fingerprint density at radius 3 is 2.03 bits per heavy atom. The van der Waals surface area contributed by atoms with Crippen molar-refractivity contribution in [3.63, 3.8) is 0 Å². The highest BCUT2D eigenvalue weighted by Crippen LogP contribution is 2.62. The molecule has 1 saturated carbocycles. The zero-order chi connectivity index (χ0) is 52.8. The van der Waals surface area contributed by atoms with E-state index in [4.69, 9.17) is 28.9 Å². The number of aliphatic hydroxyl groups excluding tert-OH is 2. The van der Waals surface area contributed by atoms with Crippen molar-refractivity contribution in [1.82, 2.24) is 10.2 Å². The van der Waals surface area contributed by atoms with Crippen LogP contribution < -0.4 is 14.8 Å². The Hall–Kier alpha value is -4.46. The molecule has 3 aliphatic rings. The van der Waals surface area contributed by atoms with Gasteiger partial charge in [0, 0.05) is 44.2 Å². The number of allylic oxidation sites excluding steroid dienone is 1. The minimum absolute atomic E-state index is 0.0217. The SMILES string of the molecule is C=CCOC12Oc3ccc(OC(=O)NCCCCCCCCCCCC)cc3C3C(CCCCO)C(CCCCO)C=C(C(=NOC)CC1N(Cc1ccc(F)cc1)C(=O)OCCCCCCCCCCCC)C32.